The smallest absolute Gasteiger partial charge is 0.211 e. The van der Waals surface area contributed by atoms with Crippen LogP contribution in [0.25, 0.3) is 5.69 Å². The van der Waals surface area contributed by atoms with Crippen molar-refractivity contribution in [2.45, 2.75) is 13.8 Å². The highest BCUT2D eigenvalue weighted by atomic mass is 16.5. The fourth-order valence-electron chi connectivity index (χ4n) is 1.80. The number of aryl methyl sites for hydroxylation is 1. The molecule has 5 nitrogen and oxygen atoms in total. The van der Waals surface area contributed by atoms with Crippen molar-refractivity contribution in [3.63, 3.8) is 0 Å². The number of carbonyl (C=O) groups is 1. The van der Waals surface area contributed by atoms with Gasteiger partial charge in [-0.05, 0) is 26.0 Å². The molecule has 0 spiro atoms. The zero-order valence-electron chi connectivity index (χ0n) is 10.8. The van der Waals surface area contributed by atoms with E-state index in [4.69, 9.17) is 4.74 Å². The van der Waals surface area contributed by atoms with Crippen LogP contribution in [0.5, 0.6) is 5.75 Å². The van der Waals surface area contributed by atoms with Gasteiger partial charge in [0.15, 0.2) is 12.0 Å². The fourth-order valence-corrected chi connectivity index (χ4v) is 1.80. The SMILES string of the molecule is CCOc1ccccc1-n1nc(C=O)c(=O)cc1C. The van der Waals surface area contributed by atoms with E-state index < -0.39 is 0 Å². The minimum atomic E-state index is -0.377. The number of rotatable bonds is 4. The molecule has 0 aliphatic heterocycles. The van der Waals surface area contributed by atoms with E-state index in [2.05, 4.69) is 5.10 Å². The third-order valence-electron chi connectivity index (χ3n) is 2.64. The van der Waals surface area contributed by atoms with E-state index in [1.807, 2.05) is 31.2 Å². The normalized spacial score (nSPS) is 10.2. The van der Waals surface area contributed by atoms with Gasteiger partial charge in [-0.3, -0.25) is 9.59 Å². The summed E-state index contributed by atoms with van der Waals surface area (Å²) in [6.45, 7) is 4.17. The van der Waals surface area contributed by atoms with Crippen LogP contribution >= 0.6 is 0 Å². The van der Waals surface area contributed by atoms with Crippen molar-refractivity contribution in [3.05, 3.63) is 51.9 Å². The summed E-state index contributed by atoms with van der Waals surface area (Å²) < 4.78 is 7.06. The molecule has 0 saturated carbocycles. The Hall–Kier alpha value is -2.43. The van der Waals surface area contributed by atoms with E-state index in [-0.39, 0.29) is 11.1 Å². The van der Waals surface area contributed by atoms with Crippen LogP contribution in [0, 0.1) is 6.92 Å². The summed E-state index contributed by atoms with van der Waals surface area (Å²) in [5.41, 5.74) is 0.849. The first-order chi connectivity index (χ1) is 9.17. The Balaban J connectivity index is 2.65. The Kier molecular flexibility index (Phi) is 3.75. The van der Waals surface area contributed by atoms with Crippen LogP contribution in [-0.2, 0) is 0 Å². The number of carbonyl (C=O) groups excluding carboxylic acids is 1. The van der Waals surface area contributed by atoms with Crippen molar-refractivity contribution in [2.75, 3.05) is 6.61 Å². The second-order valence-electron chi connectivity index (χ2n) is 3.97. The molecule has 19 heavy (non-hydrogen) atoms. The van der Waals surface area contributed by atoms with E-state index in [1.54, 1.807) is 6.92 Å². The van der Waals surface area contributed by atoms with Crippen LogP contribution in [0.4, 0.5) is 0 Å². The summed E-state index contributed by atoms with van der Waals surface area (Å²) in [4.78, 5) is 22.4. The van der Waals surface area contributed by atoms with Crippen LogP contribution in [0.15, 0.2) is 35.1 Å². The summed E-state index contributed by atoms with van der Waals surface area (Å²) in [6.07, 6.45) is 0.460. The van der Waals surface area contributed by atoms with Gasteiger partial charge in [0.1, 0.15) is 11.4 Å². The first kappa shape index (κ1) is 13.0. The summed E-state index contributed by atoms with van der Waals surface area (Å²) in [5, 5.41) is 4.06. The highest BCUT2D eigenvalue weighted by Gasteiger charge is 2.10. The van der Waals surface area contributed by atoms with Gasteiger partial charge in [0.05, 0.1) is 6.61 Å². The monoisotopic (exact) mass is 258 g/mol. The van der Waals surface area contributed by atoms with Gasteiger partial charge in [-0.15, -0.1) is 0 Å². The van der Waals surface area contributed by atoms with Crippen LogP contribution in [0.1, 0.15) is 23.1 Å². The molecule has 0 N–H and O–H groups in total. The molecular weight excluding hydrogens is 244 g/mol. The molecule has 0 aliphatic carbocycles. The topological polar surface area (TPSA) is 61.2 Å². The van der Waals surface area contributed by atoms with Gasteiger partial charge in [-0.1, -0.05) is 12.1 Å². The molecule has 0 fully saturated rings. The summed E-state index contributed by atoms with van der Waals surface area (Å²) >= 11 is 0. The molecule has 1 aromatic carbocycles. The maximum atomic E-state index is 11.5. The minimum absolute atomic E-state index is 0.114. The van der Waals surface area contributed by atoms with Gasteiger partial charge in [-0.2, -0.15) is 5.10 Å². The molecule has 2 rings (SSSR count). The Morgan fingerprint density at radius 3 is 2.79 bits per heavy atom. The van der Waals surface area contributed by atoms with Gasteiger partial charge < -0.3 is 4.74 Å². The molecule has 0 unspecified atom stereocenters. The highest BCUT2D eigenvalue weighted by Crippen LogP contribution is 2.22. The zero-order chi connectivity index (χ0) is 13.8. The molecule has 0 atom stereocenters. The number of hydrogen-bond acceptors (Lipinski definition) is 4. The molecule has 0 aliphatic rings. The second-order valence-corrected chi connectivity index (χ2v) is 3.97. The molecule has 1 heterocycles. The number of hydrogen-bond donors (Lipinski definition) is 0. The average Bonchev–Trinajstić information content (AvgIpc) is 2.40. The number of para-hydroxylation sites is 2. The number of aromatic nitrogens is 2. The third-order valence-corrected chi connectivity index (χ3v) is 2.64. The standard InChI is InChI=1S/C14H14N2O3/c1-3-19-14-7-5-4-6-12(14)16-10(2)8-13(18)11(9-17)15-16/h4-9H,3H2,1-2H3. The second kappa shape index (κ2) is 5.48. The Labute approximate surface area is 110 Å². The van der Waals surface area contributed by atoms with Crippen LogP contribution in [0.2, 0.25) is 0 Å². The van der Waals surface area contributed by atoms with Crippen LogP contribution in [0.3, 0.4) is 0 Å². The van der Waals surface area contributed by atoms with Gasteiger partial charge in [0.25, 0.3) is 0 Å². The maximum absolute atomic E-state index is 11.5. The molecule has 5 heteroatoms. The average molecular weight is 258 g/mol. The van der Waals surface area contributed by atoms with Gasteiger partial charge in [0.2, 0.25) is 5.43 Å². The van der Waals surface area contributed by atoms with E-state index in [1.165, 1.54) is 10.7 Å². The van der Waals surface area contributed by atoms with Crippen LogP contribution in [-0.4, -0.2) is 22.7 Å². The predicted molar refractivity (Wildman–Crippen MR) is 71.1 cm³/mol. The van der Waals surface area contributed by atoms with Gasteiger partial charge >= 0.3 is 0 Å². The first-order valence-corrected chi connectivity index (χ1v) is 5.95. The van der Waals surface area contributed by atoms with E-state index in [0.29, 0.717) is 30.0 Å². The number of aldehydes is 1. The molecule has 0 amide bonds. The largest absolute Gasteiger partial charge is 0.492 e. The van der Waals surface area contributed by atoms with E-state index in [0.717, 1.165) is 0 Å². The van der Waals surface area contributed by atoms with Gasteiger partial charge in [-0.25, -0.2) is 4.68 Å². The molecule has 2 aromatic rings. The Bertz CT molecular complexity index is 662. The van der Waals surface area contributed by atoms with Crippen molar-refractivity contribution < 1.29 is 9.53 Å². The fraction of sp³-hybridized carbons (Fsp3) is 0.214. The summed E-state index contributed by atoms with van der Waals surface area (Å²) in [6, 6.07) is 8.73. The molecule has 0 radical (unpaired) electrons. The molecular formula is C14H14N2O3. The molecule has 98 valence electrons. The lowest BCUT2D eigenvalue weighted by Crippen LogP contribution is -2.18. The lowest BCUT2D eigenvalue weighted by atomic mass is 10.2. The predicted octanol–water partition coefficient (Wildman–Crippen LogP) is 1.75. The van der Waals surface area contributed by atoms with Gasteiger partial charge in [0, 0.05) is 11.8 Å². The Morgan fingerprint density at radius 2 is 2.11 bits per heavy atom. The zero-order valence-corrected chi connectivity index (χ0v) is 10.8. The lowest BCUT2D eigenvalue weighted by Gasteiger charge is -2.14. The quantitative estimate of drug-likeness (QED) is 0.784. The summed E-state index contributed by atoms with van der Waals surface area (Å²) in [5.74, 6) is 0.654. The van der Waals surface area contributed by atoms with Crippen molar-refractivity contribution in [2.24, 2.45) is 0 Å². The number of benzene rings is 1. The van der Waals surface area contributed by atoms with Crippen molar-refractivity contribution >= 4 is 6.29 Å². The minimum Gasteiger partial charge on any atom is -0.492 e. The highest BCUT2D eigenvalue weighted by molar-refractivity contribution is 5.71. The lowest BCUT2D eigenvalue weighted by molar-refractivity contribution is 0.111. The van der Waals surface area contributed by atoms with Crippen molar-refractivity contribution in [1.29, 1.82) is 0 Å². The third kappa shape index (κ3) is 2.54. The molecule has 1 aromatic heterocycles. The Morgan fingerprint density at radius 1 is 1.37 bits per heavy atom. The maximum Gasteiger partial charge on any atom is 0.211 e. The van der Waals surface area contributed by atoms with Crippen molar-refractivity contribution in [1.82, 2.24) is 9.78 Å². The number of ether oxygens (including phenoxy) is 1. The molecule has 0 bridgehead atoms. The summed E-state index contributed by atoms with van der Waals surface area (Å²) in [7, 11) is 0. The first-order valence-electron chi connectivity index (χ1n) is 5.95. The molecule has 0 saturated heterocycles. The van der Waals surface area contributed by atoms with E-state index in [9.17, 15) is 9.59 Å². The number of nitrogens with zero attached hydrogens (tertiary/aromatic N) is 2. The van der Waals surface area contributed by atoms with Crippen LogP contribution < -0.4 is 10.2 Å². The van der Waals surface area contributed by atoms with E-state index >= 15 is 0 Å². The van der Waals surface area contributed by atoms with Crippen molar-refractivity contribution in [3.8, 4) is 11.4 Å².